The molecular weight excluding hydrogens is 478 g/mol. The zero-order chi connectivity index (χ0) is 26.5. The van der Waals surface area contributed by atoms with Gasteiger partial charge in [0, 0.05) is 18.7 Å². The lowest BCUT2D eigenvalue weighted by Gasteiger charge is -2.28. The molecule has 9 nitrogen and oxygen atoms in total. The molecule has 6 N–H and O–H groups in total. The fourth-order valence-electron chi connectivity index (χ4n) is 6.23. The zero-order valence-electron chi connectivity index (χ0n) is 22.5. The first-order valence-electron chi connectivity index (χ1n) is 14.1. The summed E-state index contributed by atoms with van der Waals surface area (Å²) in [7, 11) is 2.16. The molecule has 0 amide bonds. The molecule has 1 saturated heterocycles. The van der Waals surface area contributed by atoms with Crippen LogP contribution in [0.15, 0.2) is 42.9 Å². The van der Waals surface area contributed by atoms with Crippen LogP contribution in [0.4, 0.5) is 5.82 Å². The van der Waals surface area contributed by atoms with E-state index < -0.39 is 12.2 Å². The Morgan fingerprint density at radius 3 is 2.55 bits per heavy atom. The first-order valence-corrected chi connectivity index (χ1v) is 14.1. The van der Waals surface area contributed by atoms with Gasteiger partial charge in [0.05, 0.1) is 17.5 Å². The normalized spacial score (nSPS) is 24.9. The molecule has 1 aromatic carbocycles. The molecule has 0 bridgehead atoms. The molecule has 206 valence electrons. The molecule has 4 atom stereocenters. The molecule has 1 aliphatic heterocycles. The van der Waals surface area contributed by atoms with Crippen molar-refractivity contribution in [3.05, 3.63) is 54.0 Å². The van der Waals surface area contributed by atoms with Crippen molar-refractivity contribution < 1.29 is 10.2 Å². The second-order valence-electron chi connectivity index (χ2n) is 11.1. The number of nitrogens with zero attached hydrogens (tertiary/aromatic N) is 4. The van der Waals surface area contributed by atoms with Gasteiger partial charge in [-0.25, -0.2) is 9.97 Å². The van der Waals surface area contributed by atoms with Crippen LogP contribution in [0, 0.1) is 5.92 Å². The van der Waals surface area contributed by atoms with Gasteiger partial charge in [-0.2, -0.15) is 0 Å². The second-order valence-corrected chi connectivity index (χ2v) is 11.1. The number of likely N-dealkylation sites (tertiary alicyclic amines) is 1. The molecule has 0 unspecified atom stereocenters. The summed E-state index contributed by atoms with van der Waals surface area (Å²) >= 11 is 0. The highest BCUT2D eigenvalue weighted by Gasteiger charge is 2.43. The molecule has 2 aliphatic rings. The van der Waals surface area contributed by atoms with E-state index in [0.29, 0.717) is 24.7 Å². The largest absolute Gasteiger partial charge is 0.390 e. The predicted molar refractivity (Wildman–Crippen MR) is 151 cm³/mol. The number of benzene rings is 1. The number of nitrogens with one attached hydrogen (secondary N) is 2. The molecule has 9 heteroatoms. The molecule has 3 heterocycles. The molecule has 2 fully saturated rings. The maximum absolute atomic E-state index is 11.1. The molecular formula is C29H43N7O2. The van der Waals surface area contributed by atoms with Crippen LogP contribution in [0.2, 0.25) is 0 Å². The van der Waals surface area contributed by atoms with E-state index in [0.717, 1.165) is 69.4 Å². The number of piperidine rings is 1. The van der Waals surface area contributed by atoms with Crippen LogP contribution < -0.4 is 16.4 Å². The van der Waals surface area contributed by atoms with E-state index in [9.17, 15) is 10.2 Å². The highest BCUT2D eigenvalue weighted by molar-refractivity contribution is 5.90. The van der Waals surface area contributed by atoms with Gasteiger partial charge in [-0.3, -0.25) is 0 Å². The van der Waals surface area contributed by atoms with E-state index >= 15 is 0 Å². The summed E-state index contributed by atoms with van der Waals surface area (Å²) in [5.41, 5.74) is 9.63. The summed E-state index contributed by atoms with van der Waals surface area (Å²) in [6.07, 6.45) is 6.86. The van der Waals surface area contributed by atoms with E-state index in [4.69, 9.17) is 5.73 Å². The minimum atomic E-state index is -0.849. The van der Waals surface area contributed by atoms with E-state index in [-0.39, 0.29) is 12.0 Å². The average Bonchev–Trinajstić information content (AvgIpc) is 3.45. The molecule has 1 aliphatic carbocycles. The first kappa shape index (κ1) is 27.0. The first-order chi connectivity index (χ1) is 18.5. The Morgan fingerprint density at radius 2 is 1.76 bits per heavy atom. The van der Waals surface area contributed by atoms with Crippen LogP contribution in [-0.2, 0) is 6.42 Å². The monoisotopic (exact) mass is 521 g/mol. The van der Waals surface area contributed by atoms with Crippen molar-refractivity contribution in [3.8, 4) is 0 Å². The minimum Gasteiger partial charge on any atom is -0.390 e. The van der Waals surface area contributed by atoms with Gasteiger partial charge in [0.25, 0.3) is 0 Å². The fraction of sp³-hybridized carbons (Fsp3) is 0.586. The standard InChI is InChI=1S/C29H43N7O2/c1-35-14-9-21(10-15-35)23-18-36(29-25(23)28(30)33-19-34-29)24-16-22(26(37)27(24)38)17-32-12-5-11-31-13-8-20-6-3-2-4-7-20/h2-4,6-7,18-19,21-22,24,26-27,31-32,37-38H,5,8-17H2,1H3,(H2,30,33,34)/t22-,24-,26-,27+/m1/s1. The van der Waals surface area contributed by atoms with Gasteiger partial charge in [0.15, 0.2) is 0 Å². The number of nitrogen functional groups attached to an aromatic ring is 1. The van der Waals surface area contributed by atoms with Gasteiger partial charge >= 0.3 is 0 Å². The van der Waals surface area contributed by atoms with Crippen molar-refractivity contribution in [2.75, 3.05) is 52.0 Å². The SMILES string of the molecule is CN1CCC(c2cn([C@@H]3C[C@H](CNCCCNCCc4ccccc4)[C@@H](O)[C@H]3O)c3ncnc(N)c23)CC1. The third-order valence-electron chi connectivity index (χ3n) is 8.50. The second kappa shape index (κ2) is 12.5. The van der Waals surface area contributed by atoms with Crippen LogP contribution in [0.25, 0.3) is 11.0 Å². The molecule has 5 rings (SSSR count). The number of aliphatic hydroxyl groups excluding tert-OH is 2. The van der Waals surface area contributed by atoms with Crippen molar-refractivity contribution >= 4 is 16.9 Å². The van der Waals surface area contributed by atoms with Gasteiger partial charge < -0.3 is 36.0 Å². The van der Waals surface area contributed by atoms with Crippen molar-refractivity contribution in [1.29, 1.82) is 0 Å². The van der Waals surface area contributed by atoms with Crippen molar-refractivity contribution in [2.45, 2.75) is 56.3 Å². The number of nitrogens with two attached hydrogens (primary N) is 1. The highest BCUT2D eigenvalue weighted by Crippen LogP contribution is 2.41. The lowest BCUT2D eigenvalue weighted by molar-refractivity contribution is 0.00691. The third-order valence-corrected chi connectivity index (χ3v) is 8.50. The minimum absolute atomic E-state index is 0.0237. The van der Waals surface area contributed by atoms with Crippen molar-refractivity contribution in [3.63, 3.8) is 0 Å². The molecule has 3 aromatic rings. The quantitative estimate of drug-likeness (QED) is 0.243. The molecule has 1 saturated carbocycles. The maximum atomic E-state index is 11.1. The number of hydrogen-bond donors (Lipinski definition) is 5. The lowest BCUT2D eigenvalue weighted by atomic mass is 9.90. The van der Waals surface area contributed by atoms with Crippen molar-refractivity contribution in [2.24, 2.45) is 5.92 Å². The molecule has 0 spiro atoms. The Hall–Kier alpha value is -2.56. The summed E-state index contributed by atoms with van der Waals surface area (Å²) in [6.45, 7) is 5.57. The van der Waals surface area contributed by atoms with Crippen LogP contribution >= 0.6 is 0 Å². The number of hydrogen-bond acceptors (Lipinski definition) is 8. The Labute approximate surface area is 225 Å². The van der Waals surface area contributed by atoms with E-state index in [2.05, 4.69) is 67.6 Å². The predicted octanol–water partition coefficient (Wildman–Crippen LogP) is 1.92. The maximum Gasteiger partial charge on any atom is 0.146 e. The number of anilines is 1. The number of aromatic nitrogens is 3. The van der Waals surface area contributed by atoms with E-state index in [1.54, 1.807) is 0 Å². The van der Waals surface area contributed by atoms with Crippen molar-refractivity contribution in [1.82, 2.24) is 30.1 Å². The van der Waals surface area contributed by atoms with E-state index in [1.807, 2.05) is 6.07 Å². The zero-order valence-corrected chi connectivity index (χ0v) is 22.5. The average molecular weight is 522 g/mol. The number of rotatable bonds is 11. The van der Waals surface area contributed by atoms with Crippen LogP contribution in [0.1, 0.15) is 48.8 Å². The Balaban J connectivity index is 1.15. The Morgan fingerprint density at radius 1 is 1.00 bits per heavy atom. The highest BCUT2D eigenvalue weighted by atomic mass is 16.3. The smallest absolute Gasteiger partial charge is 0.146 e. The van der Waals surface area contributed by atoms with Gasteiger partial charge in [0.1, 0.15) is 23.9 Å². The van der Waals surface area contributed by atoms with Crippen LogP contribution in [-0.4, -0.2) is 88.2 Å². The van der Waals surface area contributed by atoms with Gasteiger partial charge in [0.2, 0.25) is 0 Å². The van der Waals surface area contributed by atoms with Crippen LogP contribution in [0.5, 0.6) is 0 Å². The summed E-state index contributed by atoms with van der Waals surface area (Å²) in [6, 6.07) is 10.3. The Kier molecular flexibility index (Phi) is 8.91. The van der Waals surface area contributed by atoms with Gasteiger partial charge in [-0.05, 0) is 88.9 Å². The van der Waals surface area contributed by atoms with Gasteiger partial charge in [-0.1, -0.05) is 30.3 Å². The Bertz CT molecular complexity index is 1160. The summed E-state index contributed by atoms with van der Waals surface area (Å²) in [5, 5.41) is 29.9. The summed E-state index contributed by atoms with van der Waals surface area (Å²) < 4.78 is 2.06. The molecule has 0 radical (unpaired) electrons. The summed E-state index contributed by atoms with van der Waals surface area (Å²) in [4.78, 5) is 11.2. The molecule has 2 aromatic heterocycles. The summed E-state index contributed by atoms with van der Waals surface area (Å²) in [5.74, 6) is 0.862. The number of aliphatic hydroxyl groups is 2. The van der Waals surface area contributed by atoms with E-state index in [1.165, 1.54) is 17.5 Å². The van der Waals surface area contributed by atoms with Crippen LogP contribution in [0.3, 0.4) is 0 Å². The number of fused-ring (bicyclic) bond motifs is 1. The third kappa shape index (κ3) is 6.02. The molecule has 38 heavy (non-hydrogen) atoms. The van der Waals surface area contributed by atoms with Gasteiger partial charge in [-0.15, -0.1) is 0 Å². The topological polar surface area (TPSA) is 124 Å². The lowest BCUT2D eigenvalue weighted by Crippen LogP contribution is -2.34. The fourth-order valence-corrected chi connectivity index (χ4v) is 6.23.